The van der Waals surface area contributed by atoms with Gasteiger partial charge in [-0.3, -0.25) is 4.79 Å². The topological polar surface area (TPSA) is 53.8 Å². The number of hydrogen-bond acceptors (Lipinski definition) is 3. The van der Waals surface area contributed by atoms with E-state index in [1.807, 2.05) is 0 Å². The maximum absolute atomic E-state index is 10.9. The number of nitrogens with one attached hydrogen (secondary N) is 1. The van der Waals surface area contributed by atoms with E-state index in [2.05, 4.69) is 15.3 Å². The summed E-state index contributed by atoms with van der Waals surface area (Å²) in [6, 6.07) is 0. The first kappa shape index (κ1) is 8.07. The van der Waals surface area contributed by atoms with Gasteiger partial charge in [-0.2, -0.15) is 4.99 Å². The van der Waals surface area contributed by atoms with Crippen LogP contribution in [0.1, 0.15) is 13.3 Å². The Morgan fingerprint density at radius 3 is 3.27 bits per heavy atom. The molecule has 0 aromatic heterocycles. The second-order valence-electron chi connectivity index (χ2n) is 2.33. The number of nitrogens with zero attached hydrogens (tertiary/aromatic N) is 2. The number of hydrogen-bond donors (Lipinski definition) is 1. The maximum atomic E-state index is 10.9. The van der Waals surface area contributed by atoms with Crippen molar-refractivity contribution in [2.45, 2.75) is 13.3 Å². The Bertz CT molecular complexity index is 208. The van der Waals surface area contributed by atoms with Crippen LogP contribution in [0.15, 0.2) is 9.98 Å². The van der Waals surface area contributed by atoms with Gasteiger partial charge in [0.15, 0.2) is 0 Å². The zero-order chi connectivity index (χ0) is 8.10. The van der Waals surface area contributed by atoms with Crippen molar-refractivity contribution in [3.05, 3.63) is 0 Å². The quantitative estimate of drug-likeness (QED) is 0.532. The molecule has 1 rings (SSSR count). The molecule has 0 saturated heterocycles. The summed E-state index contributed by atoms with van der Waals surface area (Å²) in [7, 11) is 0. The minimum Gasteiger partial charge on any atom is -0.308 e. The standard InChI is InChI=1S/C7H11N3O/c1-6-9-4-2-3-8-5-7(11)10-6/h4,8H,2-3,5H2,1H3. The zero-order valence-electron chi connectivity index (χ0n) is 6.50. The molecule has 0 radical (unpaired) electrons. The van der Waals surface area contributed by atoms with Crippen LogP contribution in [0.2, 0.25) is 0 Å². The number of carbonyl (C=O) groups excluding carboxylic acids is 1. The minimum atomic E-state index is -0.151. The Morgan fingerprint density at radius 1 is 1.64 bits per heavy atom. The van der Waals surface area contributed by atoms with Crippen LogP contribution in [0.5, 0.6) is 0 Å². The molecule has 0 spiro atoms. The van der Waals surface area contributed by atoms with E-state index in [9.17, 15) is 4.79 Å². The summed E-state index contributed by atoms with van der Waals surface area (Å²) >= 11 is 0. The fourth-order valence-electron chi connectivity index (χ4n) is 0.807. The molecule has 0 aliphatic carbocycles. The monoisotopic (exact) mass is 153 g/mol. The molecule has 4 heteroatoms. The van der Waals surface area contributed by atoms with Gasteiger partial charge in [-0.25, -0.2) is 4.99 Å². The van der Waals surface area contributed by atoms with Crippen molar-refractivity contribution in [3.8, 4) is 0 Å². The van der Waals surface area contributed by atoms with E-state index < -0.39 is 0 Å². The number of carbonyl (C=O) groups is 1. The third kappa shape index (κ3) is 3.04. The summed E-state index contributed by atoms with van der Waals surface area (Å²) in [4.78, 5) is 18.5. The van der Waals surface area contributed by atoms with Gasteiger partial charge in [0.05, 0.1) is 6.54 Å². The van der Waals surface area contributed by atoms with Crippen molar-refractivity contribution in [2.75, 3.05) is 13.1 Å². The zero-order valence-corrected chi connectivity index (χ0v) is 6.50. The molecular weight excluding hydrogens is 142 g/mol. The molecule has 1 N–H and O–H groups in total. The molecule has 0 aromatic carbocycles. The molecule has 0 atom stereocenters. The summed E-state index contributed by atoms with van der Waals surface area (Å²) in [6.45, 7) is 2.83. The van der Waals surface area contributed by atoms with Gasteiger partial charge in [0.1, 0.15) is 5.84 Å². The second-order valence-corrected chi connectivity index (χ2v) is 2.33. The van der Waals surface area contributed by atoms with E-state index in [-0.39, 0.29) is 5.91 Å². The predicted octanol–water partition coefficient (Wildman–Crippen LogP) is -0.00450. The number of amides is 1. The smallest absolute Gasteiger partial charge is 0.261 e. The first-order valence-corrected chi connectivity index (χ1v) is 3.60. The highest BCUT2D eigenvalue weighted by Crippen LogP contribution is 1.85. The predicted molar refractivity (Wildman–Crippen MR) is 44.1 cm³/mol. The van der Waals surface area contributed by atoms with E-state index >= 15 is 0 Å². The van der Waals surface area contributed by atoms with Crippen LogP contribution >= 0.6 is 0 Å². The van der Waals surface area contributed by atoms with Crippen LogP contribution in [0.3, 0.4) is 0 Å². The van der Waals surface area contributed by atoms with Crippen molar-refractivity contribution in [2.24, 2.45) is 9.98 Å². The maximum Gasteiger partial charge on any atom is 0.261 e. The Morgan fingerprint density at radius 2 is 2.45 bits per heavy atom. The lowest BCUT2D eigenvalue weighted by atomic mass is 10.4. The average molecular weight is 153 g/mol. The van der Waals surface area contributed by atoms with Crippen molar-refractivity contribution in [1.82, 2.24) is 5.32 Å². The Balaban J connectivity index is 2.64. The van der Waals surface area contributed by atoms with Crippen LogP contribution in [0, 0.1) is 0 Å². The van der Waals surface area contributed by atoms with Crippen LogP contribution in [-0.2, 0) is 4.79 Å². The SMILES string of the molecule is CC1=NC(=O)CNCCC=N1. The highest BCUT2D eigenvalue weighted by atomic mass is 16.1. The lowest BCUT2D eigenvalue weighted by molar-refractivity contribution is -0.116. The fourth-order valence-corrected chi connectivity index (χ4v) is 0.807. The van der Waals surface area contributed by atoms with Gasteiger partial charge >= 0.3 is 0 Å². The Hall–Kier alpha value is -1.03. The molecule has 0 bridgehead atoms. The molecule has 1 aliphatic rings. The number of rotatable bonds is 0. The summed E-state index contributed by atoms with van der Waals surface area (Å²) in [5, 5.41) is 2.95. The molecule has 0 saturated carbocycles. The first-order chi connectivity index (χ1) is 5.29. The molecular formula is C7H11N3O. The molecule has 0 unspecified atom stereocenters. The molecule has 1 aliphatic heterocycles. The van der Waals surface area contributed by atoms with E-state index in [4.69, 9.17) is 0 Å². The summed E-state index contributed by atoms with van der Waals surface area (Å²) < 4.78 is 0. The lowest BCUT2D eigenvalue weighted by Gasteiger charge is -1.95. The normalized spacial score (nSPS) is 20.1. The molecule has 1 heterocycles. The van der Waals surface area contributed by atoms with E-state index in [1.54, 1.807) is 13.1 Å². The Kier molecular flexibility index (Phi) is 2.92. The number of aliphatic imine (C=N–C) groups is 2. The largest absolute Gasteiger partial charge is 0.308 e. The van der Waals surface area contributed by atoms with Gasteiger partial charge in [-0.05, 0) is 13.3 Å². The summed E-state index contributed by atoms with van der Waals surface area (Å²) in [6.07, 6.45) is 2.62. The van der Waals surface area contributed by atoms with Crippen LogP contribution in [0.25, 0.3) is 0 Å². The van der Waals surface area contributed by atoms with Gasteiger partial charge in [0.2, 0.25) is 0 Å². The average Bonchev–Trinajstić information content (AvgIpc) is 2.02. The highest BCUT2D eigenvalue weighted by molar-refractivity contribution is 5.97. The lowest BCUT2D eigenvalue weighted by Crippen LogP contribution is -2.22. The molecule has 0 fully saturated rings. The van der Waals surface area contributed by atoms with Gasteiger partial charge in [0, 0.05) is 12.8 Å². The van der Waals surface area contributed by atoms with Crippen molar-refractivity contribution >= 4 is 18.0 Å². The molecule has 4 nitrogen and oxygen atoms in total. The van der Waals surface area contributed by atoms with Gasteiger partial charge in [-0.15, -0.1) is 0 Å². The summed E-state index contributed by atoms with van der Waals surface area (Å²) in [5.74, 6) is 0.389. The molecule has 0 aromatic rings. The van der Waals surface area contributed by atoms with Gasteiger partial charge in [-0.1, -0.05) is 0 Å². The Labute approximate surface area is 65.4 Å². The van der Waals surface area contributed by atoms with Crippen molar-refractivity contribution in [1.29, 1.82) is 0 Å². The second kappa shape index (κ2) is 3.98. The first-order valence-electron chi connectivity index (χ1n) is 3.60. The van der Waals surface area contributed by atoms with Gasteiger partial charge < -0.3 is 5.32 Å². The minimum absolute atomic E-state index is 0.151. The number of amidine groups is 1. The molecule has 60 valence electrons. The van der Waals surface area contributed by atoms with Crippen LogP contribution in [-0.4, -0.2) is 31.0 Å². The van der Waals surface area contributed by atoms with Crippen molar-refractivity contribution < 1.29 is 4.79 Å². The highest BCUT2D eigenvalue weighted by Gasteiger charge is 1.99. The molecule has 1 amide bonds. The van der Waals surface area contributed by atoms with E-state index in [0.29, 0.717) is 12.4 Å². The van der Waals surface area contributed by atoms with Crippen LogP contribution in [0.4, 0.5) is 0 Å². The third-order valence-corrected chi connectivity index (χ3v) is 1.29. The molecule has 11 heavy (non-hydrogen) atoms. The van der Waals surface area contributed by atoms with Crippen LogP contribution < -0.4 is 5.32 Å². The third-order valence-electron chi connectivity index (χ3n) is 1.29. The van der Waals surface area contributed by atoms with Gasteiger partial charge in [0.25, 0.3) is 5.91 Å². The summed E-state index contributed by atoms with van der Waals surface area (Å²) in [5.41, 5.74) is 0. The van der Waals surface area contributed by atoms with E-state index in [0.717, 1.165) is 13.0 Å². The van der Waals surface area contributed by atoms with E-state index in [1.165, 1.54) is 0 Å². The fraction of sp³-hybridized carbons (Fsp3) is 0.571. The van der Waals surface area contributed by atoms with Crippen molar-refractivity contribution in [3.63, 3.8) is 0 Å².